The SMILES string of the molecule is CC(C)CCCN(CCCC(C)C)CC(O)CO. The first-order valence-corrected chi connectivity index (χ1v) is 7.47. The van der Waals surface area contributed by atoms with Crippen LogP contribution in [0.2, 0.25) is 0 Å². The van der Waals surface area contributed by atoms with E-state index in [9.17, 15) is 5.11 Å². The van der Waals surface area contributed by atoms with Crippen molar-refractivity contribution in [1.29, 1.82) is 0 Å². The zero-order chi connectivity index (χ0) is 14.0. The largest absolute Gasteiger partial charge is 0.394 e. The third-order valence-corrected chi connectivity index (χ3v) is 3.19. The summed E-state index contributed by atoms with van der Waals surface area (Å²) in [6.07, 6.45) is 4.23. The minimum Gasteiger partial charge on any atom is -0.394 e. The third-order valence-electron chi connectivity index (χ3n) is 3.19. The van der Waals surface area contributed by atoms with Gasteiger partial charge < -0.3 is 15.1 Å². The molecule has 0 aromatic heterocycles. The molecule has 0 aliphatic carbocycles. The molecular formula is C15H33NO2. The van der Waals surface area contributed by atoms with Crippen LogP contribution in [-0.4, -0.2) is 47.5 Å². The fraction of sp³-hybridized carbons (Fsp3) is 1.00. The Morgan fingerprint density at radius 2 is 1.33 bits per heavy atom. The van der Waals surface area contributed by atoms with E-state index >= 15 is 0 Å². The van der Waals surface area contributed by atoms with E-state index < -0.39 is 6.10 Å². The van der Waals surface area contributed by atoms with E-state index in [1.54, 1.807) is 0 Å². The van der Waals surface area contributed by atoms with Crippen molar-refractivity contribution in [1.82, 2.24) is 4.90 Å². The molecule has 0 aliphatic heterocycles. The van der Waals surface area contributed by atoms with Crippen LogP contribution in [0.1, 0.15) is 53.4 Å². The molecule has 3 nitrogen and oxygen atoms in total. The van der Waals surface area contributed by atoms with Gasteiger partial charge in [0.25, 0.3) is 0 Å². The standard InChI is InChI=1S/C15H33NO2/c1-13(2)7-5-9-16(11-15(18)12-17)10-6-8-14(3)4/h13-15,17-18H,5-12H2,1-4H3. The maximum atomic E-state index is 9.55. The Bertz CT molecular complexity index is 169. The molecule has 0 fully saturated rings. The van der Waals surface area contributed by atoms with Crippen molar-refractivity contribution in [3.63, 3.8) is 0 Å². The molecule has 1 unspecified atom stereocenters. The number of aliphatic hydroxyl groups is 2. The van der Waals surface area contributed by atoms with E-state index in [-0.39, 0.29) is 6.61 Å². The molecule has 0 amide bonds. The smallest absolute Gasteiger partial charge is 0.0897 e. The van der Waals surface area contributed by atoms with Crippen LogP contribution in [-0.2, 0) is 0 Å². The Morgan fingerprint density at radius 3 is 1.67 bits per heavy atom. The summed E-state index contributed by atoms with van der Waals surface area (Å²) in [4.78, 5) is 2.30. The molecular weight excluding hydrogens is 226 g/mol. The van der Waals surface area contributed by atoms with Crippen molar-refractivity contribution in [2.24, 2.45) is 11.8 Å². The van der Waals surface area contributed by atoms with Crippen LogP contribution in [0.15, 0.2) is 0 Å². The average molecular weight is 259 g/mol. The van der Waals surface area contributed by atoms with Gasteiger partial charge in [-0.25, -0.2) is 0 Å². The minimum absolute atomic E-state index is 0.134. The summed E-state index contributed by atoms with van der Waals surface area (Å²) in [6, 6.07) is 0. The highest BCUT2D eigenvalue weighted by Gasteiger charge is 2.11. The van der Waals surface area contributed by atoms with Crippen molar-refractivity contribution in [3.8, 4) is 0 Å². The van der Waals surface area contributed by atoms with Gasteiger partial charge in [-0.1, -0.05) is 27.7 Å². The molecule has 2 N–H and O–H groups in total. The van der Waals surface area contributed by atoms with E-state index in [1.165, 1.54) is 25.7 Å². The number of rotatable bonds is 11. The number of hydrogen-bond acceptors (Lipinski definition) is 3. The van der Waals surface area contributed by atoms with Gasteiger partial charge in [-0.15, -0.1) is 0 Å². The van der Waals surface area contributed by atoms with Crippen molar-refractivity contribution >= 4 is 0 Å². The molecule has 0 heterocycles. The number of aliphatic hydroxyl groups excluding tert-OH is 2. The molecule has 0 rings (SSSR count). The first kappa shape index (κ1) is 17.9. The molecule has 0 aromatic carbocycles. The molecule has 0 spiro atoms. The lowest BCUT2D eigenvalue weighted by Gasteiger charge is -2.25. The van der Waals surface area contributed by atoms with Crippen LogP contribution in [0, 0.1) is 11.8 Å². The summed E-state index contributed by atoms with van der Waals surface area (Å²) in [6.45, 7) is 11.5. The Morgan fingerprint density at radius 1 is 0.889 bits per heavy atom. The van der Waals surface area contributed by atoms with Gasteiger partial charge in [0.15, 0.2) is 0 Å². The monoisotopic (exact) mass is 259 g/mol. The zero-order valence-corrected chi connectivity index (χ0v) is 12.7. The number of hydrogen-bond donors (Lipinski definition) is 2. The highest BCUT2D eigenvalue weighted by molar-refractivity contribution is 4.65. The van der Waals surface area contributed by atoms with E-state index in [2.05, 4.69) is 32.6 Å². The molecule has 0 bridgehead atoms. The van der Waals surface area contributed by atoms with Gasteiger partial charge in [0.2, 0.25) is 0 Å². The van der Waals surface area contributed by atoms with Crippen molar-refractivity contribution in [2.45, 2.75) is 59.5 Å². The summed E-state index contributed by atoms with van der Waals surface area (Å²) in [5.41, 5.74) is 0. The normalized spacial score (nSPS) is 13.8. The highest BCUT2D eigenvalue weighted by Crippen LogP contribution is 2.09. The Labute approximate surface area is 113 Å². The van der Waals surface area contributed by atoms with Gasteiger partial charge >= 0.3 is 0 Å². The fourth-order valence-corrected chi connectivity index (χ4v) is 2.10. The molecule has 0 radical (unpaired) electrons. The van der Waals surface area contributed by atoms with Crippen molar-refractivity contribution in [2.75, 3.05) is 26.2 Å². The predicted molar refractivity (Wildman–Crippen MR) is 77.7 cm³/mol. The van der Waals surface area contributed by atoms with Crippen molar-refractivity contribution < 1.29 is 10.2 Å². The molecule has 3 heteroatoms. The lowest BCUT2D eigenvalue weighted by atomic mass is 10.1. The van der Waals surface area contributed by atoms with Gasteiger partial charge in [0, 0.05) is 6.54 Å². The molecule has 0 aliphatic rings. The third kappa shape index (κ3) is 11.0. The van der Waals surface area contributed by atoms with Gasteiger partial charge in [-0.3, -0.25) is 0 Å². The second kappa shape index (κ2) is 10.8. The maximum absolute atomic E-state index is 9.55. The van der Waals surface area contributed by atoms with Crippen LogP contribution in [0.5, 0.6) is 0 Å². The Balaban J connectivity index is 3.91. The van der Waals surface area contributed by atoms with Gasteiger partial charge in [-0.05, 0) is 50.6 Å². The van der Waals surface area contributed by atoms with Gasteiger partial charge in [0.1, 0.15) is 0 Å². The molecule has 1 atom stereocenters. The average Bonchev–Trinajstić information content (AvgIpc) is 2.27. The second-order valence-electron chi connectivity index (χ2n) is 6.21. The van der Waals surface area contributed by atoms with Crippen LogP contribution >= 0.6 is 0 Å². The van der Waals surface area contributed by atoms with Crippen LogP contribution in [0.25, 0.3) is 0 Å². The lowest BCUT2D eigenvalue weighted by Crippen LogP contribution is -2.36. The topological polar surface area (TPSA) is 43.7 Å². The lowest BCUT2D eigenvalue weighted by molar-refractivity contribution is 0.0575. The zero-order valence-electron chi connectivity index (χ0n) is 12.7. The van der Waals surface area contributed by atoms with Gasteiger partial charge in [0.05, 0.1) is 12.7 Å². The molecule has 0 aromatic rings. The molecule has 110 valence electrons. The van der Waals surface area contributed by atoms with Crippen LogP contribution < -0.4 is 0 Å². The van der Waals surface area contributed by atoms with Crippen LogP contribution in [0.4, 0.5) is 0 Å². The summed E-state index contributed by atoms with van der Waals surface area (Å²) in [5.74, 6) is 1.48. The second-order valence-corrected chi connectivity index (χ2v) is 6.21. The molecule has 18 heavy (non-hydrogen) atoms. The van der Waals surface area contributed by atoms with E-state index in [0.29, 0.717) is 6.54 Å². The Kier molecular flexibility index (Phi) is 10.7. The minimum atomic E-state index is -0.594. The van der Waals surface area contributed by atoms with Crippen molar-refractivity contribution in [3.05, 3.63) is 0 Å². The summed E-state index contributed by atoms with van der Waals surface area (Å²) < 4.78 is 0. The first-order valence-electron chi connectivity index (χ1n) is 7.47. The first-order chi connectivity index (χ1) is 8.45. The highest BCUT2D eigenvalue weighted by atomic mass is 16.3. The van der Waals surface area contributed by atoms with E-state index in [4.69, 9.17) is 5.11 Å². The number of nitrogens with zero attached hydrogens (tertiary/aromatic N) is 1. The van der Waals surface area contributed by atoms with Crippen LogP contribution in [0.3, 0.4) is 0 Å². The van der Waals surface area contributed by atoms with E-state index in [0.717, 1.165) is 24.9 Å². The summed E-state index contributed by atoms with van der Waals surface area (Å²) in [7, 11) is 0. The summed E-state index contributed by atoms with van der Waals surface area (Å²) in [5, 5.41) is 18.5. The predicted octanol–water partition coefficient (Wildman–Crippen LogP) is 2.51. The quantitative estimate of drug-likeness (QED) is 0.599. The summed E-state index contributed by atoms with van der Waals surface area (Å²) >= 11 is 0. The van der Waals surface area contributed by atoms with Gasteiger partial charge in [-0.2, -0.15) is 0 Å². The maximum Gasteiger partial charge on any atom is 0.0897 e. The molecule has 0 saturated heterocycles. The molecule has 0 saturated carbocycles. The van der Waals surface area contributed by atoms with E-state index in [1.807, 2.05) is 0 Å². The Hall–Kier alpha value is -0.120. The fourth-order valence-electron chi connectivity index (χ4n) is 2.10.